The molecule has 0 radical (unpaired) electrons. The van der Waals surface area contributed by atoms with Gasteiger partial charge >= 0.3 is 0 Å². The molecule has 0 saturated carbocycles. The number of hydrogen-bond acceptors (Lipinski definition) is 5. The van der Waals surface area contributed by atoms with Crippen LogP contribution in [0.4, 0.5) is 0 Å². The minimum absolute atomic E-state index is 0.287. The topological polar surface area (TPSA) is 52.6 Å². The van der Waals surface area contributed by atoms with Crippen LogP contribution in [0.15, 0.2) is 29.3 Å². The Balaban J connectivity index is 1.47. The van der Waals surface area contributed by atoms with Crippen molar-refractivity contribution in [2.24, 2.45) is 4.99 Å². The molecule has 1 aromatic rings. The number of nitrogens with one attached hydrogen (secondary N) is 1. The van der Waals surface area contributed by atoms with E-state index in [1.165, 1.54) is 17.5 Å². The van der Waals surface area contributed by atoms with Gasteiger partial charge in [-0.25, -0.2) is 0 Å². The van der Waals surface area contributed by atoms with Crippen LogP contribution < -0.4 is 5.32 Å². The lowest BCUT2D eigenvalue weighted by molar-refractivity contribution is 0.0178. The van der Waals surface area contributed by atoms with Crippen molar-refractivity contribution < 1.29 is 9.47 Å². The van der Waals surface area contributed by atoms with Gasteiger partial charge in [0, 0.05) is 51.9 Å². The molecular formula is C24H39N5O2. The molecule has 4 rings (SSSR count). The number of aliphatic imine (C=N–C) groups is 1. The fourth-order valence-corrected chi connectivity index (χ4v) is 4.97. The molecule has 0 aliphatic carbocycles. The number of ether oxygens (including phenoxy) is 2. The Kier molecular flexibility index (Phi) is 8.19. The van der Waals surface area contributed by atoms with Crippen LogP contribution in [0.3, 0.4) is 0 Å². The highest BCUT2D eigenvalue weighted by molar-refractivity contribution is 5.80. The summed E-state index contributed by atoms with van der Waals surface area (Å²) < 4.78 is 11.2. The van der Waals surface area contributed by atoms with E-state index in [1.54, 1.807) is 0 Å². The molecule has 1 aromatic carbocycles. The molecule has 0 spiro atoms. The molecule has 2 atom stereocenters. The first-order valence-corrected chi connectivity index (χ1v) is 12.0. The molecule has 31 heavy (non-hydrogen) atoms. The number of hydrogen-bond donors (Lipinski definition) is 1. The highest BCUT2D eigenvalue weighted by Crippen LogP contribution is 2.24. The fourth-order valence-electron chi connectivity index (χ4n) is 4.97. The molecule has 172 valence electrons. The summed E-state index contributed by atoms with van der Waals surface area (Å²) in [5.74, 6) is 1.06. The second-order valence-corrected chi connectivity index (χ2v) is 8.81. The van der Waals surface area contributed by atoms with E-state index >= 15 is 0 Å². The van der Waals surface area contributed by atoms with E-state index < -0.39 is 0 Å². The minimum Gasteiger partial charge on any atom is -0.379 e. The van der Waals surface area contributed by atoms with Gasteiger partial charge in [0.05, 0.1) is 39.0 Å². The summed E-state index contributed by atoms with van der Waals surface area (Å²) in [6.45, 7) is 15.5. The molecule has 0 aromatic heterocycles. The Morgan fingerprint density at radius 2 is 1.84 bits per heavy atom. The van der Waals surface area contributed by atoms with Gasteiger partial charge in [0.1, 0.15) is 0 Å². The minimum atomic E-state index is 0.287. The summed E-state index contributed by atoms with van der Waals surface area (Å²) in [5.41, 5.74) is 2.66. The molecule has 1 N–H and O–H groups in total. The van der Waals surface area contributed by atoms with Gasteiger partial charge in [-0.2, -0.15) is 0 Å². The molecule has 3 heterocycles. The number of guanidine groups is 1. The Morgan fingerprint density at radius 1 is 1.10 bits per heavy atom. The lowest BCUT2D eigenvalue weighted by Gasteiger charge is -2.34. The van der Waals surface area contributed by atoms with Gasteiger partial charge in [0.25, 0.3) is 0 Å². The molecule has 0 amide bonds. The van der Waals surface area contributed by atoms with Gasteiger partial charge in [0.15, 0.2) is 5.96 Å². The molecule has 3 aliphatic heterocycles. The van der Waals surface area contributed by atoms with E-state index in [-0.39, 0.29) is 6.04 Å². The van der Waals surface area contributed by atoms with Crippen LogP contribution in [0.25, 0.3) is 0 Å². The van der Waals surface area contributed by atoms with E-state index in [1.807, 2.05) is 0 Å². The maximum atomic E-state index is 5.61. The van der Waals surface area contributed by atoms with E-state index in [0.29, 0.717) is 6.04 Å². The standard InChI is InChI=1S/C24H39N5O2/c1-3-25-24(29-8-7-22(19-29)27-9-13-30-14-10-27)26-18-23(28-11-15-31-16-12-28)21-6-4-5-20(2)17-21/h4-6,17,22-23H,3,7-16,18-19H2,1-2H3,(H,25,26). The van der Waals surface area contributed by atoms with Crippen molar-refractivity contribution in [3.8, 4) is 0 Å². The number of aryl methyl sites for hydroxylation is 1. The van der Waals surface area contributed by atoms with Crippen LogP contribution in [-0.4, -0.2) is 105 Å². The third kappa shape index (κ3) is 5.98. The normalized spacial score (nSPS) is 25.0. The largest absolute Gasteiger partial charge is 0.379 e. The molecule has 0 bridgehead atoms. The zero-order chi connectivity index (χ0) is 21.5. The molecule has 3 aliphatic rings. The second-order valence-electron chi connectivity index (χ2n) is 8.81. The third-order valence-corrected chi connectivity index (χ3v) is 6.69. The second kappa shape index (κ2) is 11.3. The van der Waals surface area contributed by atoms with Crippen molar-refractivity contribution >= 4 is 5.96 Å². The van der Waals surface area contributed by atoms with Crippen molar-refractivity contribution in [1.82, 2.24) is 20.0 Å². The molecule has 3 saturated heterocycles. The van der Waals surface area contributed by atoms with E-state index in [9.17, 15) is 0 Å². The monoisotopic (exact) mass is 429 g/mol. The summed E-state index contributed by atoms with van der Waals surface area (Å²) in [7, 11) is 0. The van der Waals surface area contributed by atoms with Crippen LogP contribution in [0.2, 0.25) is 0 Å². The van der Waals surface area contributed by atoms with Crippen molar-refractivity contribution in [3.63, 3.8) is 0 Å². The maximum Gasteiger partial charge on any atom is 0.194 e. The molecule has 2 unspecified atom stereocenters. The zero-order valence-electron chi connectivity index (χ0n) is 19.3. The zero-order valence-corrected chi connectivity index (χ0v) is 19.3. The summed E-state index contributed by atoms with van der Waals surface area (Å²) in [6, 6.07) is 9.80. The highest BCUT2D eigenvalue weighted by Gasteiger charge is 2.30. The third-order valence-electron chi connectivity index (χ3n) is 6.69. The first-order valence-electron chi connectivity index (χ1n) is 12.0. The Morgan fingerprint density at radius 3 is 2.55 bits per heavy atom. The summed E-state index contributed by atoms with van der Waals surface area (Å²) >= 11 is 0. The van der Waals surface area contributed by atoms with Crippen molar-refractivity contribution in [3.05, 3.63) is 35.4 Å². The maximum absolute atomic E-state index is 5.61. The molecule has 3 fully saturated rings. The SMILES string of the molecule is CCNC(=NCC(c1cccc(C)c1)N1CCOCC1)N1CCC(N2CCOCC2)C1. The highest BCUT2D eigenvalue weighted by atomic mass is 16.5. The van der Waals surface area contributed by atoms with Crippen molar-refractivity contribution in [2.75, 3.05) is 78.8 Å². The van der Waals surface area contributed by atoms with Crippen LogP contribution in [0, 0.1) is 6.92 Å². The van der Waals surface area contributed by atoms with Crippen molar-refractivity contribution in [2.45, 2.75) is 32.4 Å². The van der Waals surface area contributed by atoms with Gasteiger partial charge in [-0.3, -0.25) is 14.8 Å². The van der Waals surface area contributed by atoms with E-state index in [4.69, 9.17) is 14.5 Å². The van der Waals surface area contributed by atoms with Gasteiger partial charge in [-0.1, -0.05) is 29.8 Å². The Labute approximate surface area is 187 Å². The van der Waals surface area contributed by atoms with Gasteiger partial charge in [-0.05, 0) is 25.8 Å². The van der Waals surface area contributed by atoms with Crippen LogP contribution in [-0.2, 0) is 9.47 Å². The van der Waals surface area contributed by atoms with E-state index in [2.05, 4.69) is 58.1 Å². The van der Waals surface area contributed by atoms with Crippen LogP contribution >= 0.6 is 0 Å². The first kappa shape index (κ1) is 22.5. The van der Waals surface area contributed by atoms with Crippen LogP contribution in [0.1, 0.15) is 30.5 Å². The van der Waals surface area contributed by atoms with Gasteiger partial charge < -0.3 is 19.7 Å². The average Bonchev–Trinajstić information content (AvgIpc) is 3.30. The number of rotatable bonds is 6. The van der Waals surface area contributed by atoms with Gasteiger partial charge in [0.2, 0.25) is 0 Å². The molecule has 7 nitrogen and oxygen atoms in total. The quantitative estimate of drug-likeness (QED) is 0.549. The summed E-state index contributed by atoms with van der Waals surface area (Å²) in [6.07, 6.45) is 1.20. The summed E-state index contributed by atoms with van der Waals surface area (Å²) in [4.78, 5) is 12.7. The number of benzene rings is 1. The summed E-state index contributed by atoms with van der Waals surface area (Å²) in [5, 5.41) is 3.56. The van der Waals surface area contributed by atoms with Crippen molar-refractivity contribution in [1.29, 1.82) is 0 Å². The number of morpholine rings is 2. The lowest BCUT2D eigenvalue weighted by atomic mass is 10.0. The number of nitrogens with zero attached hydrogens (tertiary/aromatic N) is 4. The lowest BCUT2D eigenvalue weighted by Crippen LogP contribution is -2.47. The predicted octanol–water partition coefficient (Wildman–Crippen LogP) is 1.74. The smallest absolute Gasteiger partial charge is 0.194 e. The first-order chi connectivity index (χ1) is 15.2. The molecule has 7 heteroatoms. The van der Waals surface area contributed by atoms with Crippen LogP contribution in [0.5, 0.6) is 0 Å². The van der Waals surface area contributed by atoms with Gasteiger partial charge in [-0.15, -0.1) is 0 Å². The van der Waals surface area contributed by atoms with E-state index in [0.717, 1.165) is 84.7 Å². The fraction of sp³-hybridized carbons (Fsp3) is 0.708. The number of likely N-dealkylation sites (tertiary alicyclic amines) is 1. The predicted molar refractivity (Wildman–Crippen MR) is 125 cm³/mol. The Hall–Kier alpha value is -1.67. The average molecular weight is 430 g/mol. The molecular weight excluding hydrogens is 390 g/mol. The Bertz CT molecular complexity index is 716.